The molecule has 3 aromatic heterocycles. The van der Waals surface area contributed by atoms with Crippen molar-refractivity contribution in [2.24, 2.45) is 0 Å². The van der Waals surface area contributed by atoms with Crippen LogP contribution < -0.4 is 4.90 Å². The summed E-state index contributed by atoms with van der Waals surface area (Å²) in [5.74, 6) is 0. The van der Waals surface area contributed by atoms with Crippen molar-refractivity contribution in [3.05, 3.63) is 182 Å². The lowest BCUT2D eigenvalue weighted by Gasteiger charge is -2.26. The molecule has 0 atom stereocenters. The molecule has 12 aromatic rings. The van der Waals surface area contributed by atoms with Crippen molar-refractivity contribution in [1.82, 2.24) is 4.40 Å². The number of rotatable bonds is 4. The van der Waals surface area contributed by atoms with Crippen LogP contribution in [0, 0.1) is 0 Å². The number of furan rings is 1. The second-order valence-corrected chi connectivity index (χ2v) is 14.1. The predicted molar refractivity (Wildman–Crippen MR) is 224 cm³/mol. The van der Waals surface area contributed by atoms with Crippen LogP contribution in [0.4, 0.5) is 17.1 Å². The number of hydrogen-bond acceptors (Lipinski definition) is 2. The first-order valence-electron chi connectivity index (χ1n) is 18.2. The van der Waals surface area contributed by atoms with Gasteiger partial charge in [0.05, 0.1) is 22.2 Å². The van der Waals surface area contributed by atoms with E-state index in [2.05, 4.69) is 191 Å². The van der Waals surface area contributed by atoms with Crippen LogP contribution in [-0.2, 0) is 0 Å². The molecule has 0 aliphatic rings. The Labute approximate surface area is 304 Å². The molecule has 0 bridgehead atoms. The minimum absolute atomic E-state index is 0.874. The quantitative estimate of drug-likeness (QED) is 0.137. The number of benzene rings is 9. The van der Waals surface area contributed by atoms with Gasteiger partial charge >= 0.3 is 0 Å². The van der Waals surface area contributed by atoms with E-state index in [9.17, 15) is 0 Å². The van der Waals surface area contributed by atoms with Gasteiger partial charge in [-0.2, -0.15) is 0 Å². The molecule has 0 aliphatic heterocycles. The molecule has 0 radical (unpaired) electrons. The van der Waals surface area contributed by atoms with E-state index in [1.165, 1.54) is 59.8 Å². The van der Waals surface area contributed by atoms with E-state index < -0.39 is 0 Å². The monoisotopic (exact) mass is 674 g/mol. The summed E-state index contributed by atoms with van der Waals surface area (Å²) in [6.45, 7) is 0. The maximum absolute atomic E-state index is 7.05. The second kappa shape index (κ2) is 10.7. The second-order valence-electron chi connectivity index (χ2n) is 14.1. The minimum atomic E-state index is 0.874. The highest BCUT2D eigenvalue weighted by Crippen LogP contribution is 2.48. The fraction of sp³-hybridized carbons (Fsp3) is 0. The first kappa shape index (κ1) is 28.6. The van der Waals surface area contributed by atoms with E-state index in [1.54, 1.807) is 0 Å². The van der Waals surface area contributed by atoms with Gasteiger partial charge in [-0.15, -0.1) is 0 Å². The normalized spacial score (nSPS) is 12.2. The maximum atomic E-state index is 7.05. The zero-order chi connectivity index (χ0) is 34.6. The van der Waals surface area contributed by atoms with Gasteiger partial charge in [0.1, 0.15) is 5.58 Å². The van der Waals surface area contributed by atoms with Gasteiger partial charge in [0.2, 0.25) is 0 Å². The van der Waals surface area contributed by atoms with E-state index in [1.807, 2.05) is 0 Å². The summed E-state index contributed by atoms with van der Waals surface area (Å²) in [6.07, 6.45) is 0. The summed E-state index contributed by atoms with van der Waals surface area (Å²) in [7, 11) is 0. The van der Waals surface area contributed by atoms with Crippen molar-refractivity contribution in [3.63, 3.8) is 0 Å². The smallest absolute Gasteiger partial charge is 0.160 e. The highest BCUT2D eigenvalue weighted by atomic mass is 16.3. The summed E-state index contributed by atoms with van der Waals surface area (Å²) in [6, 6.07) is 65.8. The maximum Gasteiger partial charge on any atom is 0.160 e. The van der Waals surface area contributed by atoms with E-state index in [4.69, 9.17) is 4.42 Å². The predicted octanol–water partition coefficient (Wildman–Crippen LogP) is 14.2. The third-order valence-electron chi connectivity index (χ3n) is 11.3. The molecule has 53 heavy (non-hydrogen) atoms. The Morgan fingerprint density at radius 2 is 1.06 bits per heavy atom. The van der Waals surface area contributed by atoms with Crippen LogP contribution in [0.15, 0.2) is 186 Å². The van der Waals surface area contributed by atoms with Crippen LogP contribution in [0.25, 0.3) is 92.7 Å². The standard InChI is InChI=1S/C50H30N2O/c1-3-14-33(15-4-1)51(34-16-5-2-6-17-34)49-36-18-8-7-13-31(36)29-43-38-26-25-32(30-46(38)53-50(43)49)35-27-28-45-47-39(35)20-11-21-40(47)42-23-12-22-41-37-19-9-10-24-44(37)52(45)48(41)42/h1-30H. The minimum Gasteiger partial charge on any atom is -0.454 e. The van der Waals surface area contributed by atoms with Gasteiger partial charge in [0.15, 0.2) is 5.58 Å². The Bertz CT molecular complexity index is 3350. The number of fused-ring (bicyclic) bond motifs is 9. The molecule has 3 heteroatoms. The van der Waals surface area contributed by atoms with E-state index >= 15 is 0 Å². The molecule has 0 unspecified atom stereocenters. The summed E-state index contributed by atoms with van der Waals surface area (Å²) < 4.78 is 9.52. The number of nitrogens with zero attached hydrogens (tertiary/aromatic N) is 2. The molecule has 0 saturated carbocycles. The molecule has 3 nitrogen and oxygen atoms in total. The first-order valence-corrected chi connectivity index (χ1v) is 18.2. The lowest BCUT2D eigenvalue weighted by Crippen LogP contribution is -2.10. The van der Waals surface area contributed by atoms with Gasteiger partial charge in [-0.25, -0.2) is 0 Å². The van der Waals surface area contributed by atoms with Crippen molar-refractivity contribution in [2.45, 2.75) is 0 Å². The Morgan fingerprint density at radius 1 is 0.415 bits per heavy atom. The average Bonchev–Trinajstić information content (AvgIpc) is 3.76. The average molecular weight is 675 g/mol. The lowest BCUT2D eigenvalue weighted by molar-refractivity contribution is 0.670. The molecule has 0 amide bonds. The molecule has 0 fully saturated rings. The number of hydrogen-bond donors (Lipinski definition) is 0. The zero-order valence-corrected chi connectivity index (χ0v) is 28.6. The molecule has 0 N–H and O–H groups in total. The van der Waals surface area contributed by atoms with Gasteiger partial charge in [-0.05, 0) is 81.9 Å². The highest BCUT2D eigenvalue weighted by Gasteiger charge is 2.24. The van der Waals surface area contributed by atoms with Crippen LogP contribution in [-0.4, -0.2) is 4.40 Å². The number of anilines is 3. The van der Waals surface area contributed by atoms with Crippen LogP contribution in [0.1, 0.15) is 0 Å². The molecule has 12 rings (SSSR count). The summed E-state index contributed by atoms with van der Waals surface area (Å²) >= 11 is 0. The van der Waals surface area contributed by atoms with E-state index in [-0.39, 0.29) is 0 Å². The van der Waals surface area contributed by atoms with Gasteiger partial charge < -0.3 is 13.7 Å². The van der Waals surface area contributed by atoms with Gasteiger partial charge in [-0.1, -0.05) is 127 Å². The van der Waals surface area contributed by atoms with Gasteiger partial charge in [-0.3, -0.25) is 0 Å². The first-order chi connectivity index (χ1) is 26.3. The van der Waals surface area contributed by atoms with Gasteiger partial charge in [0.25, 0.3) is 0 Å². The molecule has 246 valence electrons. The van der Waals surface area contributed by atoms with Crippen LogP contribution >= 0.6 is 0 Å². The van der Waals surface area contributed by atoms with Crippen molar-refractivity contribution in [2.75, 3.05) is 4.90 Å². The molecule has 0 spiro atoms. The molecular weight excluding hydrogens is 645 g/mol. The summed E-state index contributed by atoms with van der Waals surface area (Å²) in [4.78, 5) is 2.33. The molecule has 0 aliphatic carbocycles. The highest BCUT2D eigenvalue weighted by molar-refractivity contribution is 6.28. The molecular formula is C50H30N2O. The fourth-order valence-electron chi connectivity index (χ4n) is 9.04. The fourth-order valence-corrected chi connectivity index (χ4v) is 9.04. The zero-order valence-electron chi connectivity index (χ0n) is 28.6. The van der Waals surface area contributed by atoms with E-state index in [0.29, 0.717) is 0 Å². The van der Waals surface area contributed by atoms with Crippen molar-refractivity contribution >= 4 is 98.6 Å². The Balaban J connectivity index is 1.13. The third-order valence-corrected chi connectivity index (χ3v) is 11.3. The number of aromatic nitrogens is 1. The Hall–Kier alpha value is -7.10. The lowest BCUT2D eigenvalue weighted by atomic mass is 9.93. The van der Waals surface area contributed by atoms with E-state index in [0.717, 1.165) is 50.0 Å². The van der Waals surface area contributed by atoms with Crippen molar-refractivity contribution in [1.29, 1.82) is 0 Å². The topological polar surface area (TPSA) is 20.8 Å². The molecule has 0 saturated heterocycles. The van der Waals surface area contributed by atoms with Crippen LogP contribution in [0.2, 0.25) is 0 Å². The largest absolute Gasteiger partial charge is 0.454 e. The van der Waals surface area contributed by atoms with Crippen molar-refractivity contribution in [3.8, 4) is 11.1 Å². The Kier molecular flexibility index (Phi) is 5.77. The SMILES string of the molecule is c1ccc(N(c2ccccc2)c2c3ccccc3cc3c2oc2cc(-c4ccc5c6c4cccc6c4cccc6c7ccccc7n5c46)ccc23)cc1. The summed E-state index contributed by atoms with van der Waals surface area (Å²) in [5, 5.41) is 12.2. The Morgan fingerprint density at radius 3 is 1.85 bits per heavy atom. The van der Waals surface area contributed by atoms with Crippen LogP contribution in [0.3, 0.4) is 0 Å². The number of para-hydroxylation sites is 4. The van der Waals surface area contributed by atoms with Gasteiger partial charge in [0, 0.05) is 49.1 Å². The van der Waals surface area contributed by atoms with Crippen molar-refractivity contribution < 1.29 is 4.42 Å². The molecule has 9 aromatic carbocycles. The van der Waals surface area contributed by atoms with Crippen LogP contribution in [0.5, 0.6) is 0 Å². The number of pyridine rings is 1. The summed E-state index contributed by atoms with van der Waals surface area (Å²) in [5.41, 5.74) is 11.0. The third kappa shape index (κ3) is 3.94. The molecule has 3 heterocycles.